The zero-order valence-corrected chi connectivity index (χ0v) is 19.2. The topological polar surface area (TPSA) is 86.1 Å². The second-order valence-electron chi connectivity index (χ2n) is 6.48. The summed E-state index contributed by atoms with van der Waals surface area (Å²) >= 11 is 8.80. The Morgan fingerprint density at radius 3 is 2.62 bits per heavy atom. The van der Waals surface area contributed by atoms with E-state index in [1.165, 1.54) is 30.2 Å². The SMILES string of the molecule is COC(=O)c1c(-c2ccccc2Cl)csc1NC(=O)CSc1nncn1-c1ccccc1. The van der Waals surface area contributed by atoms with Gasteiger partial charge in [-0.05, 0) is 18.2 Å². The van der Waals surface area contributed by atoms with Gasteiger partial charge in [0.1, 0.15) is 16.9 Å². The number of para-hydroxylation sites is 1. The number of nitrogens with one attached hydrogen (secondary N) is 1. The molecular weight excluding hydrogens is 468 g/mol. The summed E-state index contributed by atoms with van der Waals surface area (Å²) in [4.78, 5) is 25.2. The number of halogens is 1. The lowest BCUT2D eigenvalue weighted by atomic mass is 10.0. The molecule has 0 fully saturated rings. The van der Waals surface area contributed by atoms with Crippen molar-refractivity contribution in [2.24, 2.45) is 0 Å². The molecule has 0 atom stereocenters. The first-order valence-corrected chi connectivity index (χ1v) is 11.7. The Hall–Kier alpha value is -3.14. The number of nitrogens with zero attached hydrogens (tertiary/aromatic N) is 3. The molecule has 0 unspecified atom stereocenters. The number of methoxy groups -OCH3 is 1. The van der Waals surface area contributed by atoms with Crippen LogP contribution in [0.3, 0.4) is 0 Å². The standard InChI is InChI=1S/C22H17ClN4O3S2/c1-30-21(29)19-16(15-9-5-6-10-17(15)23)11-31-20(19)25-18(28)12-32-22-26-24-13-27(22)14-7-3-2-4-8-14/h2-11,13H,12H2,1H3,(H,25,28). The normalized spacial score (nSPS) is 10.7. The molecule has 7 nitrogen and oxygen atoms in total. The van der Waals surface area contributed by atoms with Gasteiger partial charge >= 0.3 is 5.97 Å². The molecule has 2 aromatic carbocycles. The van der Waals surface area contributed by atoms with E-state index in [4.69, 9.17) is 16.3 Å². The molecule has 1 amide bonds. The number of thioether (sulfide) groups is 1. The fraction of sp³-hybridized carbons (Fsp3) is 0.0909. The van der Waals surface area contributed by atoms with Gasteiger partial charge in [-0.1, -0.05) is 59.8 Å². The minimum Gasteiger partial charge on any atom is -0.465 e. The molecule has 0 saturated carbocycles. The van der Waals surface area contributed by atoms with Gasteiger partial charge in [0.15, 0.2) is 5.16 Å². The largest absolute Gasteiger partial charge is 0.465 e. The van der Waals surface area contributed by atoms with E-state index < -0.39 is 5.97 Å². The average molecular weight is 485 g/mol. The molecule has 2 aromatic heterocycles. The van der Waals surface area contributed by atoms with Crippen molar-refractivity contribution in [2.45, 2.75) is 5.16 Å². The molecule has 0 saturated heterocycles. The van der Waals surface area contributed by atoms with E-state index in [-0.39, 0.29) is 17.2 Å². The van der Waals surface area contributed by atoms with Crippen molar-refractivity contribution in [1.29, 1.82) is 0 Å². The van der Waals surface area contributed by atoms with Crippen molar-refractivity contribution in [1.82, 2.24) is 14.8 Å². The third kappa shape index (κ3) is 4.69. The molecule has 10 heteroatoms. The third-order valence-corrected chi connectivity index (χ3v) is 6.65. The number of anilines is 1. The molecule has 32 heavy (non-hydrogen) atoms. The fourth-order valence-corrected chi connectivity index (χ4v) is 4.94. The first-order chi connectivity index (χ1) is 15.6. The second-order valence-corrected chi connectivity index (χ2v) is 8.71. The van der Waals surface area contributed by atoms with Gasteiger partial charge in [0.05, 0.1) is 12.9 Å². The van der Waals surface area contributed by atoms with E-state index in [2.05, 4.69) is 15.5 Å². The Bertz CT molecular complexity index is 1260. The molecule has 0 radical (unpaired) electrons. The number of amides is 1. The van der Waals surface area contributed by atoms with Crippen LogP contribution in [0.1, 0.15) is 10.4 Å². The molecule has 4 rings (SSSR count). The van der Waals surface area contributed by atoms with Crippen LogP contribution >= 0.6 is 34.7 Å². The van der Waals surface area contributed by atoms with Crippen molar-refractivity contribution in [3.05, 3.63) is 76.9 Å². The summed E-state index contributed by atoms with van der Waals surface area (Å²) < 4.78 is 6.75. The van der Waals surface area contributed by atoms with E-state index >= 15 is 0 Å². The maximum Gasteiger partial charge on any atom is 0.341 e. The Labute approximate surface area is 197 Å². The number of hydrogen-bond acceptors (Lipinski definition) is 7. The van der Waals surface area contributed by atoms with Crippen LogP contribution in [0.4, 0.5) is 5.00 Å². The van der Waals surface area contributed by atoms with Gasteiger partial charge in [0.2, 0.25) is 5.91 Å². The monoisotopic (exact) mass is 484 g/mol. The van der Waals surface area contributed by atoms with Crippen molar-refractivity contribution in [3.8, 4) is 16.8 Å². The number of rotatable bonds is 7. The number of hydrogen-bond donors (Lipinski definition) is 1. The number of esters is 1. The Morgan fingerprint density at radius 1 is 1.12 bits per heavy atom. The van der Waals surface area contributed by atoms with Crippen LogP contribution in [-0.4, -0.2) is 39.5 Å². The van der Waals surface area contributed by atoms with Crippen LogP contribution in [0.5, 0.6) is 0 Å². The van der Waals surface area contributed by atoms with Crippen LogP contribution in [0.15, 0.2) is 71.5 Å². The quantitative estimate of drug-likeness (QED) is 0.288. The summed E-state index contributed by atoms with van der Waals surface area (Å²) in [6, 6.07) is 16.8. The predicted octanol–water partition coefficient (Wildman–Crippen LogP) is 5.17. The van der Waals surface area contributed by atoms with Gasteiger partial charge in [0, 0.05) is 27.2 Å². The molecule has 0 aliphatic heterocycles. The highest BCUT2D eigenvalue weighted by atomic mass is 35.5. The van der Waals surface area contributed by atoms with E-state index in [1.54, 1.807) is 22.3 Å². The lowest BCUT2D eigenvalue weighted by Gasteiger charge is -2.09. The Morgan fingerprint density at radius 2 is 1.88 bits per heavy atom. The number of carbonyl (C=O) groups is 2. The zero-order chi connectivity index (χ0) is 22.5. The highest BCUT2D eigenvalue weighted by Crippen LogP contribution is 2.39. The van der Waals surface area contributed by atoms with Crippen LogP contribution in [0.25, 0.3) is 16.8 Å². The summed E-state index contributed by atoms with van der Waals surface area (Å²) in [5, 5.41) is 14.1. The summed E-state index contributed by atoms with van der Waals surface area (Å²) in [5.41, 5.74) is 2.48. The summed E-state index contributed by atoms with van der Waals surface area (Å²) in [6.07, 6.45) is 1.60. The third-order valence-electron chi connectivity index (χ3n) is 4.48. The van der Waals surface area contributed by atoms with Crippen molar-refractivity contribution in [3.63, 3.8) is 0 Å². The van der Waals surface area contributed by atoms with Crippen molar-refractivity contribution >= 4 is 51.6 Å². The van der Waals surface area contributed by atoms with Gasteiger partial charge in [-0.25, -0.2) is 4.79 Å². The molecule has 0 aliphatic rings. The first-order valence-electron chi connectivity index (χ1n) is 9.41. The molecule has 2 heterocycles. The maximum absolute atomic E-state index is 12.7. The minimum absolute atomic E-state index is 0.0888. The molecule has 0 spiro atoms. The lowest BCUT2D eigenvalue weighted by molar-refractivity contribution is -0.113. The lowest BCUT2D eigenvalue weighted by Crippen LogP contribution is -2.16. The number of benzene rings is 2. The number of ether oxygens (including phenoxy) is 1. The number of aromatic nitrogens is 3. The fourth-order valence-electron chi connectivity index (χ4n) is 3.01. The van der Waals surface area contributed by atoms with E-state index in [0.29, 0.717) is 26.3 Å². The van der Waals surface area contributed by atoms with Gasteiger partial charge in [-0.2, -0.15) is 0 Å². The van der Waals surface area contributed by atoms with Crippen LogP contribution in [0, 0.1) is 0 Å². The van der Waals surface area contributed by atoms with Crippen molar-refractivity contribution < 1.29 is 14.3 Å². The molecule has 1 N–H and O–H groups in total. The first kappa shape index (κ1) is 22.1. The van der Waals surface area contributed by atoms with Gasteiger partial charge in [-0.3, -0.25) is 9.36 Å². The van der Waals surface area contributed by atoms with E-state index in [0.717, 1.165) is 5.69 Å². The summed E-state index contributed by atoms with van der Waals surface area (Å²) in [5.74, 6) is -0.742. The number of thiophene rings is 1. The number of carbonyl (C=O) groups excluding carboxylic acids is 2. The molecular formula is C22H17ClN4O3S2. The molecule has 0 bridgehead atoms. The van der Waals surface area contributed by atoms with Gasteiger partial charge < -0.3 is 10.1 Å². The van der Waals surface area contributed by atoms with Crippen molar-refractivity contribution in [2.75, 3.05) is 18.2 Å². The Kier molecular flexibility index (Phi) is 6.89. The van der Waals surface area contributed by atoms with Crippen LogP contribution in [-0.2, 0) is 9.53 Å². The van der Waals surface area contributed by atoms with Gasteiger partial charge in [-0.15, -0.1) is 21.5 Å². The van der Waals surface area contributed by atoms with E-state index in [9.17, 15) is 9.59 Å². The second kappa shape index (κ2) is 9.99. The maximum atomic E-state index is 12.7. The zero-order valence-electron chi connectivity index (χ0n) is 16.8. The molecule has 4 aromatic rings. The Balaban J connectivity index is 1.52. The highest BCUT2D eigenvalue weighted by molar-refractivity contribution is 7.99. The predicted molar refractivity (Wildman–Crippen MR) is 127 cm³/mol. The smallest absolute Gasteiger partial charge is 0.341 e. The molecule has 162 valence electrons. The van der Waals surface area contributed by atoms with E-state index in [1.807, 2.05) is 48.5 Å². The highest BCUT2D eigenvalue weighted by Gasteiger charge is 2.23. The summed E-state index contributed by atoms with van der Waals surface area (Å²) in [7, 11) is 1.30. The van der Waals surface area contributed by atoms with Crippen LogP contribution in [0.2, 0.25) is 5.02 Å². The molecule has 0 aliphatic carbocycles. The summed E-state index contributed by atoms with van der Waals surface area (Å²) in [6.45, 7) is 0. The van der Waals surface area contributed by atoms with Gasteiger partial charge in [0.25, 0.3) is 0 Å². The minimum atomic E-state index is -0.548. The van der Waals surface area contributed by atoms with Crippen LogP contribution < -0.4 is 5.32 Å². The average Bonchev–Trinajstić information content (AvgIpc) is 3.45.